The van der Waals surface area contributed by atoms with Crippen molar-refractivity contribution in [2.24, 2.45) is 0 Å². The second-order valence-corrected chi connectivity index (χ2v) is 6.46. The van der Waals surface area contributed by atoms with E-state index < -0.39 is 6.10 Å². The van der Waals surface area contributed by atoms with Gasteiger partial charge in [-0.25, -0.2) is 0 Å². The Morgan fingerprint density at radius 1 is 0.920 bits per heavy atom. The van der Waals surface area contributed by atoms with Crippen molar-refractivity contribution in [3.8, 4) is 11.5 Å². The van der Waals surface area contributed by atoms with E-state index in [0.717, 1.165) is 11.3 Å². The molecule has 0 aliphatic carbocycles. The van der Waals surface area contributed by atoms with E-state index in [1.165, 1.54) is 16.7 Å². The Morgan fingerprint density at radius 3 is 2.08 bits per heavy atom. The Balaban J connectivity index is 2.01. The molecule has 134 valence electrons. The van der Waals surface area contributed by atoms with Crippen molar-refractivity contribution in [3.05, 3.63) is 58.7 Å². The van der Waals surface area contributed by atoms with Crippen LogP contribution in [0.3, 0.4) is 0 Å². The van der Waals surface area contributed by atoms with Crippen LogP contribution in [0.15, 0.2) is 36.4 Å². The van der Waals surface area contributed by atoms with Crippen LogP contribution < -0.4 is 14.8 Å². The van der Waals surface area contributed by atoms with Crippen molar-refractivity contribution in [3.63, 3.8) is 0 Å². The molecule has 1 amide bonds. The van der Waals surface area contributed by atoms with E-state index in [-0.39, 0.29) is 11.9 Å². The summed E-state index contributed by atoms with van der Waals surface area (Å²) in [5, 5.41) is 3.04. The molecular weight excluding hydrogens is 314 g/mol. The third-order valence-corrected chi connectivity index (χ3v) is 4.45. The predicted octanol–water partition coefficient (Wildman–Crippen LogP) is 4.27. The van der Waals surface area contributed by atoms with Gasteiger partial charge in [-0.15, -0.1) is 0 Å². The van der Waals surface area contributed by atoms with Gasteiger partial charge in [-0.3, -0.25) is 4.79 Å². The van der Waals surface area contributed by atoms with Crippen molar-refractivity contribution in [2.75, 3.05) is 7.11 Å². The van der Waals surface area contributed by atoms with Gasteiger partial charge in [0.25, 0.3) is 5.91 Å². The summed E-state index contributed by atoms with van der Waals surface area (Å²) >= 11 is 0. The number of nitrogens with one attached hydrogen (secondary N) is 1. The van der Waals surface area contributed by atoms with Crippen molar-refractivity contribution in [1.29, 1.82) is 0 Å². The van der Waals surface area contributed by atoms with Crippen LogP contribution >= 0.6 is 0 Å². The van der Waals surface area contributed by atoms with Gasteiger partial charge in [-0.2, -0.15) is 0 Å². The zero-order valence-corrected chi connectivity index (χ0v) is 15.8. The molecular formula is C21H27NO3. The van der Waals surface area contributed by atoms with Crippen LogP contribution in [0.4, 0.5) is 0 Å². The number of ether oxygens (including phenoxy) is 2. The summed E-state index contributed by atoms with van der Waals surface area (Å²) in [6, 6.07) is 11.4. The second-order valence-electron chi connectivity index (χ2n) is 6.46. The number of hydrogen-bond acceptors (Lipinski definition) is 3. The van der Waals surface area contributed by atoms with Crippen LogP contribution in [0.5, 0.6) is 11.5 Å². The summed E-state index contributed by atoms with van der Waals surface area (Å²) in [7, 11) is 1.61. The predicted molar refractivity (Wildman–Crippen MR) is 100 cm³/mol. The molecule has 25 heavy (non-hydrogen) atoms. The summed E-state index contributed by atoms with van der Waals surface area (Å²) in [6.07, 6.45) is -0.581. The fourth-order valence-corrected chi connectivity index (χ4v) is 2.77. The van der Waals surface area contributed by atoms with E-state index in [0.29, 0.717) is 5.75 Å². The molecule has 0 fully saturated rings. The number of methoxy groups -OCH3 is 1. The van der Waals surface area contributed by atoms with Crippen LogP contribution in [0, 0.1) is 20.8 Å². The first-order chi connectivity index (χ1) is 11.8. The van der Waals surface area contributed by atoms with Gasteiger partial charge in [-0.1, -0.05) is 12.1 Å². The lowest BCUT2D eigenvalue weighted by Crippen LogP contribution is -2.38. The van der Waals surface area contributed by atoms with E-state index in [9.17, 15) is 4.79 Å². The average molecular weight is 341 g/mol. The highest BCUT2D eigenvalue weighted by atomic mass is 16.5. The number of carbonyl (C=O) groups is 1. The molecule has 4 nitrogen and oxygen atoms in total. The Bertz CT molecular complexity index is 738. The maximum atomic E-state index is 12.5. The van der Waals surface area contributed by atoms with Crippen molar-refractivity contribution < 1.29 is 14.3 Å². The summed E-state index contributed by atoms with van der Waals surface area (Å²) in [5.41, 5.74) is 4.80. The lowest BCUT2D eigenvalue weighted by molar-refractivity contribution is -0.127. The average Bonchev–Trinajstić information content (AvgIpc) is 2.58. The normalized spacial score (nSPS) is 13.0. The number of hydrogen-bond donors (Lipinski definition) is 1. The van der Waals surface area contributed by atoms with Gasteiger partial charge in [0.15, 0.2) is 6.10 Å². The van der Waals surface area contributed by atoms with Gasteiger partial charge in [0.2, 0.25) is 0 Å². The number of aryl methyl sites for hydroxylation is 3. The second kappa shape index (κ2) is 8.06. The molecule has 1 N–H and O–H groups in total. The Kier molecular flexibility index (Phi) is 6.07. The quantitative estimate of drug-likeness (QED) is 0.854. The molecule has 0 aliphatic rings. The van der Waals surface area contributed by atoms with E-state index in [1.54, 1.807) is 38.3 Å². The molecule has 0 saturated heterocycles. The fourth-order valence-electron chi connectivity index (χ4n) is 2.77. The van der Waals surface area contributed by atoms with Gasteiger partial charge in [0.05, 0.1) is 13.2 Å². The Hall–Kier alpha value is -2.49. The highest BCUT2D eigenvalue weighted by molar-refractivity contribution is 5.81. The first-order valence-corrected chi connectivity index (χ1v) is 8.50. The first kappa shape index (κ1) is 18.8. The smallest absolute Gasteiger partial charge is 0.261 e. The van der Waals surface area contributed by atoms with Crippen LogP contribution in [0.2, 0.25) is 0 Å². The van der Waals surface area contributed by atoms with E-state index in [2.05, 4.69) is 38.2 Å². The number of carbonyl (C=O) groups excluding carboxylic acids is 1. The highest BCUT2D eigenvalue weighted by Gasteiger charge is 2.19. The Labute approximate surface area is 150 Å². The largest absolute Gasteiger partial charge is 0.497 e. The number of amides is 1. The lowest BCUT2D eigenvalue weighted by atomic mass is 9.96. The number of benzene rings is 2. The van der Waals surface area contributed by atoms with Crippen LogP contribution in [-0.2, 0) is 4.79 Å². The first-order valence-electron chi connectivity index (χ1n) is 8.50. The zero-order chi connectivity index (χ0) is 18.6. The maximum absolute atomic E-state index is 12.5. The van der Waals surface area contributed by atoms with Gasteiger partial charge in [-0.05, 0) is 81.1 Å². The molecule has 2 aromatic carbocycles. The molecule has 0 unspecified atom stereocenters. The van der Waals surface area contributed by atoms with Crippen molar-refractivity contribution in [1.82, 2.24) is 5.32 Å². The maximum Gasteiger partial charge on any atom is 0.261 e. The monoisotopic (exact) mass is 341 g/mol. The summed E-state index contributed by atoms with van der Waals surface area (Å²) in [6.45, 7) is 10.00. The standard InChI is InChI=1S/C21H27NO3/c1-13-11-15(3)20(12-14(13)2)16(4)22-21(23)17(5)25-19-9-7-18(24-6)8-10-19/h7-12,16-17H,1-6H3,(H,22,23)/t16-,17-/m0/s1. The van der Waals surface area contributed by atoms with Gasteiger partial charge in [0.1, 0.15) is 11.5 Å². The minimum atomic E-state index is -0.581. The van der Waals surface area contributed by atoms with Gasteiger partial charge in [0, 0.05) is 0 Å². The van der Waals surface area contributed by atoms with Crippen LogP contribution in [0.1, 0.15) is 42.1 Å². The summed E-state index contributed by atoms with van der Waals surface area (Å²) < 4.78 is 10.8. The Morgan fingerprint density at radius 2 is 1.48 bits per heavy atom. The minimum absolute atomic E-state index is 0.0753. The van der Waals surface area contributed by atoms with E-state index in [1.807, 2.05) is 6.92 Å². The molecule has 2 aromatic rings. The third kappa shape index (κ3) is 4.75. The summed E-state index contributed by atoms with van der Waals surface area (Å²) in [4.78, 5) is 12.5. The molecule has 0 radical (unpaired) electrons. The lowest BCUT2D eigenvalue weighted by Gasteiger charge is -2.21. The molecule has 0 saturated carbocycles. The van der Waals surface area contributed by atoms with Gasteiger partial charge < -0.3 is 14.8 Å². The minimum Gasteiger partial charge on any atom is -0.497 e. The van der Waals surface area contributed by atoms with Crippen LogP contribution in [-0.4, -0.2) is 19.1 Å². The molecule has 0 heterocycles. The van der Waals surface area contributed by atoms with E-state index >= 15 is 0 Å². The topological polar surface area (TPSA) is 47.6 Å². The SMILES string of the molecule is COc1ccc(O[C@@H](C)C(=O)N[C@@H](C)c2cc(C)c(C)cc2C)cc1. The third-order valence-electron chi connectivity index (χ3n) is 4.45. The van der Waals surface area contributed by atoms with Crippen molar-refractivity contribution in [2.45, 2.75) is 46.8 Å². The van der Waals surface area contributed by atoms with Crippen molar-refractivity contribution >= 4 is 5.91 Å². The highest BCUT2D eigenvalue weighted by Crippen LogP contribution is 2.22. The summed E-state index contributed by atoms with van der Waals surface area (Å²) in [5.74, 6) is 1.25. The van der Waals surface area contributed by atoms with Crippen LogP contribution in [0.25, 0.3) is 0 Å². The van der Waals surface area contributed by atoms with E-state index in [4.69, 9.17) is 9.47 Å². The molecule has 0 spiro atoms. The molecule has 0 aromatic heterocycles. The molecule has 2 rings (SSSR count). The zero-order valence-electron chi connectivity index (χ0n) is 15.8. The fraction of sp³-hybridized carbons (Fsp3) is 0.381. The molecule has 2 atom stereocenters. The molecule has 4 heteroatoms. The number of rotatable bonds is 6. The molecule has 0 aliphatic heterocycles. The molecule has 0 bridgehead atoms. The van der Waals surface area contributed by atoms with Gasteiger partial charge >= 0.3 is 0 Å².